The van der Waals surface area contributed by atoms with E-state index in [9.17, 15) is 9.59 Å². The van der Waals surface area contributed by atoms with Crippen LogP contribution in [0.4, 0.5) is 0 Å². The van der Waals surface area contributed by atoms with Crippen LogP contribution >= 0.6 is 11.9 Å². The van der Waals surface area contributed by atoms with Crippen LogP contribution in [0, 0.1) is 0 Å². The SMILES string of the molecule is CCCCCSN1C(=O)c2ccccc2C1=O. The molecule has 4 heteroatoms. The second kappa shape index (κ2) is 5.36. The summed E-state index contributed by atoms with van der Waals surface area (Å²) in [5.74, 6) is 0.471. The van der Waals surface area contributed by atoms with Crippen molar-refractivity contribution in [3.8, 4) is 0 Å². The Kier molecular flexibility index (Phi) is 3.84. The summed E-state index contributed by atoms with van der Waals surface area (Å²) in [6, 6.07) is 6.99. The van der Waals surface area contributed by atoms with Crippen molar-refractivity contribution in [1.29, 1.82) is 0 Å². The molecular formula is C13H15NO2S. The molecule has 0 aromatic heterocycles. The minimum absolute atomic E-state index is 0.174. The molecule has 0 unspecified atom stereocenters. The maximum atomic E-state index is 12.0. The van der Waals surface area contributed by atoms with Crippen molar-refractivity contribution in [3.05, 3.63) is 35.4 Å². The quantitative estimate of drug-likeness (QED) is 0.457. The van der Waals surface area contributed by atoms with Crippen molar-refractivity contribution in [2.24, 2.45) is 0 Å². The number of hydrogen-bond donors (Lipinski definition) is 0. The largest absolute Gasteiger partial charge is 0.271 e. The van der Waals surface area contributed by atoms with Gasteiger partial charge in [0.25, 0.3) is 11.8 Å². The molecule has 1 aromatic rings. The second-order valence-corrected chi connectivity index (χ2v) is 5.02. The van der Waals surface area contributed by atoms with E-state index in [0.717, 1.165) is 25.0 Å². The fourth-order valence-electron chi connectivity index (χ4n) is 1.79. The summed E-state index contributed by atoms with van der Waals surface area (Å²) >= 11 is 1.33. The minimum Gasteiger partial charge on any atom is -0.268 e. The smallest absolute Gasteiger partial charge is 0.268 e. The third-order valence-corrected chi connectivity index (χ3v) is 3.79. The second-order valence-electron chi connectivity index (χ2n) is 3.99. The molecule has 1 aromatic carbocycles. The van der Waals surface area contributed by atoms with E-state index in [-0.39, 0.29) is 11.8 Å². The number of nitrogens with zero attached hydrogens (tertiary/aromatic N) is 1. The molecule has 0 bridgehead atoms. The molecule has 0 saturated heterocycles. The zero-order valence-electron chi connectivity index (χ0n) is 9.81. The first kappa shape index (κ1) is 12.2. The summed E-state index contributed by atoms with van der Waals surface area (Å²) in [6.07, 6.45) is 3.31. The Bertz CT molecular complexity index is 410. The Labute approximate surface area is 105 Å². The van der Waals surface area contributed by atoms with Gasteiger partial charge in [0, 0.05) is 5.75 Å². The fourth-order valence-corrected chi connectivity index (χ4v) is 2.74. The van der Waals surface area contributed by atoms with Crippen molar-refractivity contribution in [1.82, 2.24) is 4.31 Å². The highest BCUT2D eigenvalue weighted by Crippen LogP contribution is 2.28. The van der Waals surface area contributed by atoms with Crippen LogP contribution in [0.2, 0.25) is 0 Å². The summed E-state index contributed by atoms with van der Waals surface area (Å²) < 4.78 is 1.29. The highest BCUT2D eigenvalue weighted by Gasteiger charge is 2.35. The van der Waals surface area contributed by atoms with Gasteiger partial charge >= 0.3 is 0 Å². The van der Waals surface area contributed by atoms with Crippen LogP contribution in [0.5, 0.6) is 0 Å². The van der Waals surface area contributed by atoms with E-state index in [2.05, 4.69) is 6.92 Å². The van der Waals surface area contributed by atoms with Crippen molar-refractivity contribution in [2.45, 2.75) is 26.2 Å². The van der Waals surface area contributed by atoms with Crippen molar-refractivity contribution in [3.63, 3.8) is 0 Å². The van der Waals surface area contributed by atoms with E-state index < -0.39 is 0 Å². The lowest BCUT2D eigenvalue weighted by atomic mass is 10.1. The zero-order valence-corrected chi connectivity index (χ0v) is 10.6. The molecule has 90 valence electrons. The average Bonchev–Trinajstić information content (AvgIpc) is 2.60. The van der Waals surface area contributed by atoms with Crippen molar-refractivity contribution < 1.29 is 9.59 Å². The van der Waals surface area contributed by atoms with Gasteiger partial charge in [-0.25, -0.2) is 4.31 Å². The standard InChI is InChI=1S/C13H15NO2S/c1-2-3-6-9-17-14-12(15)10-7-4-5-8-11(10)13(14)16/h4-5,7-8H,2-3,6,9H2,1H3. The van der Waals surface area contributed by atoms with Gasteiger partial charge in [0.1, 0.15) is 0 Å². The number of rotatable bonds is 5. The molecule has 0 fully saturated rings. The first-order valence-electron chi connectivity index (χ1n) is 5.86. The number of fused-ring (bicyclic) bond motifs is 1. The van der Waals surface area contributed by atoms with Gasteiger partial charge in [0.05, 0.1) is 11.1 Å². The maximum Gasteiger partial charge on any atom is 0.271 e. The lowest BCUT2D eigenvalue weighted by Gasteiger charge is -2.11. The Morgan fingerprint density at radius 1 is 1.06 bits per heavy atom. The molecule has 1 aliphatic heterocycles. The summed E-state index contributed by atoms with van der Waals surface area (Å²) in [5.41, 5.74) is 1.06. The number of imide groups is 1. The van der Waals surface area contributed by atoms with Gasteiger partial charge in [-0.15, -0.1) is 0 Å². The topological polar surface area (TPSA) is 37.4 Å². The number of carbonyl (C=O) groups excluding carboxylic acids is 2. The fraction of sp³-hybridized carbons (Fsp3) is 0.385. The number of carbonyl (C=O) groups is 2. The average molecular weight is 249 g/mol. The molecule has 0 radical (unpaired) electrons. The molecule has 0 spiro atoms. The van der Waals surface area contributed by atoms with E-state index in [0.29, 0.717) is 11.1 Å². The molecule has 2 amide bonds. The van der Waals surface area contributed by atoms with Crippen molar-refractivity contribution >= 4 is 23.8 Å². The Hall–Kier alpha value is -1.29. The van der Waals surface area contributed by atoms with Gasteiger partial charge in [-0.2, -0.15) is 0 Å². The number of hydrogen-bond acceptors (Lipinski definition) is 3. The van der Waals surface area contributed by atoms with Crippen LogP contribution in [0.15, 0.2) is 24.3 Å². The first-order chi connectivity index (χ1) is 8.25. The summed E-state index contributed by atoms with van der Waals surface area (Å²) in [5, 5.41) is 0. The van der Waals surface area contributed by atoms with E-state index in [1.165, 1.54) is 16.3 Å². The van der Waals surface area contributed by atoms with Gasteiger partial charge in [0.15, 0.2) is 0 Å². The molecule has 1 heterocycles. The van der Waals surface area contributed by atoms with E-state index in [1.807, 2.05) is 0 Å². The summed E-state index contributed by atoms with van der Waals surface area (Å²) in [7, 11) is 0. The van der Waals surface area contributed by atoms with Crippen LogP contribution in [0.3, 0.4) is 0 Å². The number of unbranched alkanes of at least 4 members (excludes halogenated alkanes) is 2. The number of benzene rings is 1. The Morgan fingerprint density at radius 3 is 2.18 bits per heavy atom. The minimum atomic E-state index is -0.174. The molecule has 0 aliphatic carbocycles. The molecule has 0 saturated carbocycles. The molecule has 17 heavy (non-hydrogen) atoms. The van der Waals surface area contributed by atoms with Crippen LogP contribution < -0.4 is 0 Å². The first-order valence-corrected chi connectivity index (χ1v) is 6.80. The van der Waals surface area contributed by atoms with Crippen LogP contribution in [-0.4, -0.2) is 21.9 Å². The molecule has 0 atom stereocenters. The summed E-state index contributed by atoms with van der Waals surface area (Å²) in [6.45, 7) is 2.13. The molecular weight excluding hydrogens is 234 g/mol. The Balaban J connectivity index is 2.03. The highest BCUT2D eigenvalue weighted by atomic mass is 32.2. The van der Waals surface area contributed by atoms with E-state index in [1.54, 1.807) is 24.3 Å². The molecule has 2 rings (SSSR count). The van der Waals surface area contributed by atoms with Gasteiger partial charge in [-0.1, -0.05) is 31.9 Å². The monoisotopic (exact) mass is 249 g/mol. The summed E-state index contributed by atoms with van der Waals surface area (Å²) in [4.78, 5) is 23.9. The normalized spacial score (nSPS) is 14.3. The Morgan fingerprint density at radius 2 is 1.65 bits per heavy atom. The zero-order chi connectivity index (χ0) is 12.3. The molecule has 3 nitrogen and oxygen atoms in total. The third-order valence-electron chi connectivity index (χ3n) is 2.73. The van der Waals surface area contributed by atoms with Gasteiger partial charge < -0.3 is 0 Å². The lowest BCUT2D eigenvalue weighted by molar-refractivity contribution is 0.0777. The van der Waals surface area contributed by atoms with E-state index >= 15 is 0 Å². The van der Waals surface area contributed by atoms with Crippen LogP contribution in [0.1, 0.15) is 46.9 Å². The third kappa shape index (κ3) is 2.36. The number of amides is 2. The molecule has 1 aliphatic rings. The molecule has 0 N–H and O–H groups in total. The van der Waals surface area contributed by atoms with Gasteiger partial charge in [-0.3, -0.25) is 9.59 Å². The predicted molar refractivity (Wildman–Crippen MR) is 68.9 cm³/mol. The van der Waals surface area contributed by atoms with Gasteiger partial charge in [-0.05, 0) is 30.5 Å². The predicted octanol–water partition coefficient (Wildman–Crippen LogP) is 3.12. The van der Waals surface area contributed by atoms with Crippen LogP contribution in [-0.2, 0) is 0 Å². The van der Waals surface area contributed by atoms with Crippen LogP contribution in [0.25, 0.3) is 0 Å². The van der Waals surface area contributed by atoms with Gasteiger partial charge in [0.2, 0.25) is 0 Å². The highest BCUT2D eigenvalue weighted by molar-refractivity contribution is 7.98. The van der Waals surface area contributed by atoms with Crippen molar-refractivity contribution in [2.75, 3.05) is 5.75 Å². The van der Waals surface area contributed by atoms with E-state index in [4.69, 9.17) is 0 Å². The lowest BCUT2D eigenvalue weighted by Crippen LogP contribution is -2.22. The maximum absolute atomic E-state index is 12.0.